The van der Waals surface area contributed by atoms with Crippen molar-refractivity contribution in [2.24, 2.45) is 0 Å². The molecule has 0 radical (unpaired) electrons. The zero-order valence-electron chi connectivity index (χ0n) is 11.9. The lowest BCUT2D eigenvalue weighted by atomic mass is 10.1. The summed E-state index contributed by atoms with van der Waals surface area (Å²) in [7, 11) is 0. The number of nitrogens with zero attached hydrogens (tertiary/aromatic N) is 1. The van der Waals surface area contributed by atoms with Crippen molar-refractivity contribution in [2.45, 2.75) is 0 Å². The highest BCUT2D eigenvalue weighted by Gasteiger charge is 2.20. The van der Waals surface area contributed by atoms with E-state index in [0.717, 1.165) is 5.56 Å². The number of nitrogens with one attached hydrogen (secondary N) is 2. The number of fused-ring (bicyclic) bond motifs is 1. The van der Waals surface area contributed by atoms with Crippen molar-refractivity contribution in [1.29, 1.82) is 0 Å². The Morgan fingerprint density at radius 2 is 1.91 bits per heavy atom. The fourth-order valence-electron chi connectivity index (χ4n) is 2.31. The number of aliphatic carboxylic acids is 1. The van der Waals surface area contributed by atoms with Crippen LogP contribution in [0.2, 0.25) is 0 Å². The third-order valence-corrected chi connectivity index (χ3v) is 3.35. The molecule has 0 aliphatic rings. The Morgan fingerprint density at radius 1 is 1.17 bits per heavy atom. The number of benzene rings is 1. The fraction of sp³-hybridized carbons (Fsp3) is 0.0625. The summed E-state index contributed by atoms with van der Waals surface area (Å²) in [5, 5.41) is 21.5. The van der Waals surface area contributed by atoms with Gasteiger partial charge in [0.05, 0.1) is 11.2 Å². The molecular weight excluding hydrogens is 298 g/mol. The number of pyridine rings is 1. The standard InChI is InChI=1S/C16H13N3O4/c20-11(21)8-18-16(23)14-15(22)10-6-7-17-13(10)12(19-14)9-4-2-1-3-5-9/h1-7,17,22H,8H2,(H,18,23)(H,20,21). The van der Waals surface area contributed by atoms with Gasteiger partial charge in [0.1, 0.15) is 6.54 Å². The molecule has 1 aromatic carbocycles. The monoisotopic (exact) mass is 311 g/mol. The lowest BCUT2D eigenvalue weighted by Crippen LogP contribution is -2.30. The second kappa shape index (κ2) is 5.80. The molecule has 0 atom stereocenters. The number of H-pyrrole nitrogens is 1. The Morgan fingerprint density at radius 3 is 2.61 bits per heavy atom. The number of aromatic hydroxyl groups is 1. The number of carboxylic acids is 1. The summed E-state index contributed by atoms with van der Waals surface area (Å²) in [6.45, 7) is -0.550. The van der Waals surface area contributed by atoms with Crippen molar-refractivity contribution in [1.82, 2.24) is 15.3 Å². The van der Waals surface area contributed by atoms with Crippen molar-refractivity contribution < 1.29 is 19.8 Å². The largest absolute Gasteiger partial charge is 0.505 e. The molecule has 0 unspecified atom stereocenters. The molecule has 3 aromatic rings. The van der Waals surface area contributed by atoms with Gasteiger partial charge in [0.15, 0.2) is 11.4 Å². The van der Waals surface area contributed by atoms with E-state index in [1.807, 2.05) is 30.3 Å². The molecule has 116 valence electrons. The van der Waals surface area contributed by atoms with E-state index in [1.54, 1.807) is 12.3 Å². The van der Waals surface area contributed by atoms with Crippen molar-refractivity contribution in [2.75, 3.05) is 6.54 Å². The summed E-state index contributed by atoms with van der Waals surface area (Å²) in [6.07, 6.45) is 1.64. The average molecular weight is 311 g/mol. The lowest BCUT2D eigenvalue weighted by molar-refractivity contribution is -0.135. The van der Waals surface area contributed by atoms with Gasteiger partial charge in [-0.15, -0.1) is 0 Å². The highest BCUT2D eigenvalue weighted by Crippen LogP contribution is 2.33. The van der Waals surface area contributed by atoms with Crippen LogP contribution < -0.4 is 5.32 Å². The van der Waals surface area contributed by atoms with Crippen LogP contribution in [-0.2, 0) is 4.79 Å². The highest BCUT2D eigenvalue weighted by molar-refractivity contribution is 6.05. The van der Waals surface area contributed by atoms with E-state index in [1.165, 1.54) is 0 Å². The maximum atomic E-state index is 12.1. The van der Waals surface area contributed by atoms with E-state index in [9.17, 15) is 14.7 Å². The van der Waals surface area contributed by atoms with Gasteiger partial charge in [-0.25, -0.2) is 4.98 Å². The second-order valence-electron chi connectivity index (χ2n) is 4.87. The Balaban J connectivity index is 2.14. The SMILES string of the molecule is O=C(O)CNC(=O)c1nc(-c2ccccc2)c2[nH]ccc2c1O. The first-order valence-electron chi connectivity index (χ1n) is 6.83. The summed E-state index contributed by atoms with van der Waals surface area (Å²) in [4.78, 5) is 29.9. The number of aromatic amines is 1. The van der Waals surface area contributed by atoms with Gasteiger partial charge in [-0.3, -0.25) is 9.59 Å². The smallest absolute Gasteiger partial charge is 0.322 e. The zero-order valence-corrected chi connectivity index (χ0v) is 11.9. The van der Waals surface area contributed by atoms with Crippen LogP contribution in [0.5, 0.6) is 5.75 Å². The Bertz CT molecular complexity index is 887. The van der Waals surface area contributed by atoms with Gasteiger partial charge in [-0.2, -0.15) is 0 Å². The number of carbonyl (C=O) groups is 2. The molecule has 4 N–H and O–H groups in total. The molecule has 2 heterocycles. The topological polar surface area (TPSA) is 115 Å². The number of amides is 1. The Kier molecular flexibility index (Phi) is 3.68. The number of carboxylic acid groups (broad SMARTS) is 1. The van der Waals surface area contributed by atoms with Gasteiger partial charge >= 0.3 is 5.97 Å². The van der Waals surface area contributed by atoms with Crippen molar-refractivity contribution in [3.8, 4) is 17.0 Å². The van der Waals surface area contributed by atoms with Crippen molar-refractivity contribution >= 4 is 22.8 Å². The number of carbonyl (C=O) groups excluding carboxylic acids is 1. The minimum Gasteiger partial charge on any atom is -0.505 e. The van der Waals surface area contributed by atoms with Crippen LogP contribution in [0.4, 0.5) is 0 Å². The molecule has 0 aliphatic carbocycles. The van der Waals surface area contributed by atoms with Crippen LogP contribution >= 0.6 is 0 Å². The first kappa shape index (κ1) is 14.6. The summed E-state index contributed by atoms with van der Waals surface area (Å²) in [5.41, 5.74) is 1.66. The highest BCUT2D eigenvalue weighted by atomic mass is 16.4. The number of hydrogen-bond donors (Lipinski definition) is 4. The molecule has 23 heavy (non-hydrogen) atoms. The summed E-state index contributed by atoms with van der Waals surface area (Å²) in [5.74, 6) is -2.21. The maximum Gasteiger partial charge on any atom is 0.322 e. The third-order valence-electron chi connectivity index (χ3n) is 3.35. The van der Waals surface area contributed by atoms with E-state index in [-0.39, 0.29) is 11.4 Å². The molecule has 0 saturated heterocycles. The molecule has 0 saturated carbocycles. The van der Waals surface area contributed by atoms with Gasteiger partial charge in [0, 0.05) is 17.1 Å². The molecule has 2 aromatic heterocycles. The van der Waals surface area contributed by atoms with Crippen molar-refractivity contribution in [3.05, 3.63) is 48.3 Å². The minimum atomic E-state index is -1.18. The third kappa shape index (κ3) is 2.71. The molecule has 7 nitrogen and oxygen atoms in total. The van der Waals surface area contributed by atoms with Gasteiger partial charge in [0.2, 0.25) is 0 Å². The number of hydrogen-bond acceptors (Lipinski definition) is 4. The van der Waals surface area contributed by atoms with E-state index >= 15 is 0 Å². The van der Waals surface area contributed by atoms with E-state index in [0.29, 0.717) is 16.6 Å². The van der Waals surface area contributed by atoms with E-state index in [4.69, 9.17) is 5.11 Å². The fourth-order valence-corrected chi connectivity index (χ4v) is 2.31. The second-order valence-corrected chi connectivity index (χ2v) is 4.87. The molecule has 1 amide bonds. The maximum absolute atomic E-state index is 12.1. The average Bonchev–Trinajstić information content (AvgIpc) is 3.04. The van der Waals surface area contributed by atoms with E-state index < -0.39 is 18.4 Å². The summed E-state index contributed by atoms with van der Waals surface area (Å²) < 4.78 is 0. The molecule has 0 fully saturated rings. The van der Waals surface area contributed by atoms with Crippen LogP contribution in [0.15, 0.2) is 42.6 Å². The predicted octanol–water partition coefficient (Wildman–Crippen LogP) is 1.75. The minimum absolute atomic E-state index is 0.211. The molecular formula is C16H13N3O4. The normalized spacial score (nSPS) is 10.6. The number of rotatable bonds is 4. The Labute approximate surface area is 130 Å². The van der Waals surface area contributed by atoms with Gasteiger partial charge < -0.3 is 20.5 Å². The van der Waals surface area contributed by atoms with E-state index in [2.05, 4.69) is 15.3 Å². The van der Waals surface area contributed by atoms with Crippen LogP contribution in [0.3, 0.4) is 0 Å². The van der Waals surface area contributed by atoms with Crippen LogP contribution in [0.25, 0.3) is 22.2 Å². The first-order valence-corrected chi connectivity index (χ1v) is 6.83. The van der Waals surface area contributed by atoms with Gasteiger partial charge in [0.25, 0.3) is 5.91 Å². The summed E-state index contributed by atoms with van der Waals surface area (Å²) >= 11 is 0. The predicted molar refractivity (Wildman–Crippen MR) is 83.2 cm³/mol. The van der Waals surface area contributed by atoms with Gasteiger partial charge in [-0.1, -0.05) is 30.3 Å². The molecule has 3 rings (SSSR count). The summed E-state index contributed by atoms with van der Waals surface area (Å²) in [6, 6.07) is 10.8. The van der Waals surface area contributed by atoms with Gasteiger partial charge in [-0.05, 0) is 6.07 Å². The van der Waals surface area contributed by atoms with Crippen LogP contribution in [-0.4, -0.2) is 38.6 Å². The quantitative estimate of drug-likeness (QED) is 0.586. The van der Waals surface area contributed by atoms with Crippen LogP contribution in [0.1, 0.15) is 10.5 Å². The molecule has 0 bridgehead atoms. The Hall–Kier alpha value is -3.35. The lowest BCUT2D eigenvalue weighted by Gasteiger charge is -2.09. The number of aromatic nitrogens is 2. The molecule has 7 heteroatoms. The van der Waals surface area contributed by atoms with Crippen LogP contribution in [0, 0.1) is 0 Å². The molecule has 0 aliphatic heterocycles. The first-order chi connectivity index (χ1) is 11.1. The zero-order chi connectivity index (χ0) is 16.4. The molecule has 0 spiro atoms. The van der Waals surface area contributed by atoms with Crippen molar-refractivity contribution in [3.63, 3.8) is 0 Å².